The maximum absolute atomic E-state index is 12.1. The number of halogens is 3. The van der Waals surface area contributed by atoms with Gasteiger partial charge in [-0.2, -0.15) is 13.2 Å². The molecule has 1 heterocycles. The number of H-pyrrole nitrogens is 1. The standard InChI is InChI=1S/C10H9F3N2/c11-10(12,13)5-8-4-6-3-7(14)1-2-9(6)15-8/h1-4,15H,5,14H2. The number of alkyl halides is 3. The lowest BCUT2D eigenvalue weighted by atomic mass is 10.2. The first kappa shape index (κ1) is 9.89. The van der Waals surface area contributed by atoms with Gasteiger partial charge in [0.15, 0.2) is 0 Å². The predicted molar refractivity (Wildman–Crippen MR) is 52.5 cm³/mol. The van der Waals surface area contributed by atoms with Gasteiger partial charge in [0.05, 0.1) is 6.42 Å². The highest BCUT2D eigenvalue weighted by atomic mass is 19.4. The Morgan fingerprint density at radius 1 is 1.20 bits per heavy atom. The number of nitrogens with one attached hydrogen (secondary N) is 1. The molecule has 0 saturated heterocycles. The Balaban J connectivity index is 2.39. The second kappa shape index (κ2) is 3.18. The topological polar surface area (TPSA) is 41.8 Å². The van der Waals surface area contributed by atoms with Crippen molar-refractivity contribution in [1.29, 1.82) is 0 Å². The maximum atomic E-state index is 12.1. The number of aromatic nitrogens is 1. The summed E-state index contributed by atoms with van der Waals surface area (Å²) in [6.07, 6.45) is -5.13. The highest BCUT2D eigenvalue weighted by molar-refractivity contribution is 5.83. The van der Waals surface area contributed by atoms with Crippen molar-refractivity contribution in [2.24, 2.45) is 0 Å². The zero-order valence-electron chi connectivity index (χ0n) is 7.73. The molecule has 2 nitrogen and oxygen atoms in total. The number of anilines is 1. The van der Waals surface area contributed by atoms with Crippen molar-refractivity contribution in [2.75, 3.05) is 5.73 Å². The third-order valence-electron chi connectivity index (χ3n) is 2.09. The summed E-state index contributed by atoms with van der Waals surface area (Å²) in [5.41, 5.74) is 6.89. The number of fused-ring (bicyclic) bond motifs is 1. The fourth-order valence-electron chi connectivity index (χ4n) is 1.52. The van der Waals surface area contributed by atoms with E-state index >= 15 is 0 Å². The Morgan fingerprint density at radius 3 is 2.60 bits per heavy atom. The van der Waals surface area contributed by atoms with Gasteiger partial charge in [0.2, 0.25) is 0 Å². The Labute approximate surface area is 83.9 Å². The molecule has 0 atom stereocenters. The van der Waals surface area contributed by atoms with Gasteiger partial charge in [-0.05, 0) is 24.3 Å². The van der Waals surface area contributed by atoms with Gasteiger partial charge in [-0.3, -0.25) is 0 Å². The van der Waals surface area contributed by atoms with E-state index in [2.05, 4.69) is 4.98 Å². The Kier molecular flexibility index (Phi) is 2.10. The van der Waals surface area contributed by atoms with Crippen LogP contribution in [0.1, 0.15) is 5.69 Å². The van der Waals surface area contributed by atoms with Gasteiger partial charge in [-0.15, -0.1) is 0 Å². The summed E-state index contributed by atoms with van der Waals surface area (Å²) >= 11 is 0. The lowest BCUT2D eigenvalue weighted by molar-refractivity contribution is -0.127. The second-order valence-electron chi connectivity index (χ2n) is 3.43. The average molecular weight is 214 g/mol. The molecule has 0 saturated carbocycles. The van der Waals surface area contributed by atoms with E-state index in [1.54, 1.807) is 18.2 Å². The van der Waals surface area contributed by atoms with Crippen LogP contribution in [0.25, 0.3) is 10.9 Å². The quantitative estimate of drug-likeness (QED) is 0.704. The van der Waals surface area contributed by atoms with Crippen LogP contribution in [0, 0.1) is 0 Å². The first-order valence-electron chi connectivity index (χ1n) is 4.38. The van der Waals surface area contributed by atoms with E-state index in [-0.39, 0.29) is 5.69 Å². The van der Waals surface area contributed by atoms with E-state index in [1.807, 2.05) is 0 Å². The molecule has 1 aromatic carbocycles. The molecule has 0 aliphatic rings. The molecular formula is C10H9F3N2. The number of nitrogen functional groups attached to an aromatic ring is 1. The van der Waals surface area contributed by atoms with Crippen molar-refractivity contribution in [3.63, 3.8) is 0 Å². The fraction of sp³-hybridized carbons (Fsp3) is 0.200. The molecule has 0 radical (unpaired) electrons. The zero-order valence-corrected chi connectivity index (χ0v) is 7.73. The van der Waals surface area contributed by atoms with Gasteiger partial charge < -0.3 is 10.7 Å². The summed E-state index contributed by atoms with van der Waals surface area (Å²) in [5.74, 6) is 0. The highest BCUT2D eigenvalue weighted by Gasteiger charge is 2.28. The molecule has 5 heteroatoms. The van der Waals surface area contributed by atoms with E-state index < -0.39 is 12.6 Å². The Bertz CT molecular complexity index is 485. The summed E-state index contributed by atoms with van der Waals surface area (Å²) in [5, 5.41) is 0.703. The molecule has 0 spiro atoms. The molecule has 2 rings (SSSR count). The van der Waals surface area contributed by atoms with Crippen LogP contribution >= 0.6 is 0 Å². The number of hydrogen-bond donors (Lipinski definition) is 2. The third kappa shape index (κ3) is 2.23. The number of rotatable bonds is 1. The van der Waals surface area contributed by atoms with Crippen LogP contribution in [0.4, 0.5) is 18.9 Å². The lowest BCUT2D eigenvalue weighted by Crippen LogP contribution is -2.11. The number of benzene rings is 1. The molecule has 1 aromatic heterocycles. The van der Waals surface area contributed by atoms with Crippen LogP contribution in [0.5, 0.6) is 0 Å². The second-order valence-corrected chi connectivity index (χ2v) is 3.43. The van der Waals surface area contributed by atoms with E-state index in [9.17, 15) is 13.2 Å². The first-order valence-corrected chi connectivity index (χ1v) is 4.38. The van der Waals surface area contributed by atoms with Crippen molar-refractivity contribution in [2.45, 2.75) is 12.6 Å². The van der Waals surface area contributed by atoms with Crippen LogP contribution in [0.15, 0.2) is 24.3 Å². The molecule has 3 N–H and O–H groups in total. The minimum atomic E-state index is -4.19. The predicted octanol–water partition coefficient (Wildman–Crippen LogP) is 2.85. The van der Waals surface area contributed by atoms with E-state index in [0.29, 0.717) is 16.6 Å². The molecule has 0 aliphatic heterocycles. The average Bonchev–Trinajstić information content (AvgIpc) is 2.42. The van der Waals surface area contributed by atoms with E-state index in [4.69, 9.17) is 5.73 Å². The summed E-state index contributed by atoms with van der Waals surface area (Å²) in [7, 11) is 0. The summed E-state index contributed by atoms with van der Waals surface area (Å²) in [4.78, 5) is 2.70. The SMILES string of the molecule is Nc1ccc2[nH]c(CC(F)(F)F)cc2c1. The smallest absolute Gasteiger partial charge is 0.394 e. The molecule has 0 unspecified atom stereocenters. The molecule has 80 valence electrons. The van der Waals surface area contributed by atoms with Crippen LogP contribution in [0.2, 0.25) is 0 Å². The largest absolute Gasteiger partial charge is 0.399 e. The summed E-state index contributed by atoms with van der Waals surface area (Å²) in [6.45, 7) is 0. The van der Waals surface area contributed by atoms with Gasteiger partial charge in [0, 0.05) is 22.3 Å². The van der Waals surface area contributed by atoms with Crippen LogP contribution < -0.4 is 5.73 Å². The highest BCUT2D eigenvalue weighted by Crippen LogP contribution is 2.24. The van der Waals surface area contributed by atoms with Gasteiger partial charge >= 0.3 is 6.18 Å². The molecule has 0 amide bonds. The molecule has 2 aromatic rings. The Hall–Kier alpha value is -1.65. The summed E-state index contributed by atoms with van der Waals surface area (Å²) in [6, 6.07) is 6.44. The third-order valence-corrected chi connectivity index (χ3v) is 2.09. The van der Waals surface area contributed by atoms with Crippen molar-refractivity contribution >= 4 is 16.6 Å². The van der Waals surface area contributed by atoms with Crippen molar-refractivity contribution in [3.8, 4) is 0 Å². The zero-order chi connectivity index (χ0) is 11.1. The number of nitrogens with two attached hydrogens (primary N) is 1. The Morgan fingerprint density at radius 2 is 1.93 bits per heavy atom. The minimum Gasteiger partial charge on any atom is -0.399 e. The number of hydrogen-bond acceptors (Lipinski definition) is 1. The number of aromatic amines is 1. The maximum Gasteiger partial charge on any atom is 0.394 e. The molecule has 15 heavy (non-hydrogen) atoms. The molecule has 0 aliphatic carbocycles. The molecule has 0 fully saturated rings. The first-order chi connectivity index (χ1) is 6.94. The van der Waals surface area contributed by atoms with Crippen LogP contribution in [-0.4, -0.2) is 11.2 Å². The summed E-state index contributed by atoms with van der Waals surface area (Å²) < 4.78 is 36.3. The monoisotopic (exact) mass is 214 g/mol. The van der Waals surface area contributed by atoms with Gasteiger partial charge in [-0.25, -0.2) is 0 Å². The van der Waals surface area contributed by atoms with Crippen molar-refractivity contribution in [1.82, 2.24) is 4.98 Å². The van der Waals surface area contributed by atoms with Crippen molar-refractivity contribution < 1.29 is 13.2 Å². The van der Waals surface area contributed by atoms with Crippen LogP contribution in [-0.2, 0) is 6.42 Å². The van der Waals surface area contributed by atoms with Crippen molar-refractivity contribution in [3.05, 3.63) is 30.0 Å². The van der Waals surface area contributed by atoms with Gasteiger partial charge in [0.1, 0.15) is 0 Å². The normalized spacial score (nSPS) is 12.2. The van der Waals surface area contributed by atoms with E-state index in [1.165, 1.54) is 6.07 Å². The molecule has 0 bridgehead atoms. The fourth-order valence-corrected chi connectivity index (χ4v) is 1.52. The van der Waals surface area contributed by atoms with E-state index in [0.717, 1.165) is 0 Å². The van der Waals surface area contributed by atoms with Gasteiger partial charge in [-0.1, -0.05) is 0 Å². The van der Waals surface area contributed by atoms with Crippen LogP contribution in [0.3, 0.4) is 0 Å². The minimum absolute atomic E-state index is 0.156. The molecular weight excluding hydrogens is 205 g/mol. The van der Waals surface area contributed by atoms with Gasteiger partial charge in [0.25, 0.3) is 0 Å². The lowest BCUT2D eigenvalue weighted by Gasteiger charge is -2.02.